The molecule has 1 aliphatic rings. The van der Waals surface area contributed by atoms with Crippen molar-refractivity contribution in [2.24, 2.45) is 0 Å². The van der Waals surface area contributed by atoms with Crippen LogP contribution in [0.25, 0.3) is 0 Å². The molecular formula is C19H20ClN3O3S. The third-order valence-electron chi connectivity index (χ3n) is 4.36. The third-order valence-corrected chi connectivity index (χ3v) is 5.47. The molecule has 1 saturated heterocycles. The highest BCUT2D eigenvalue weighted by atomic mass is 35.5. The van der Waals surface area contributed by atoms with Crippen LogP contribution in [0.1, 0.15) is 32.9 Å². The summed E-state index contributed by atoms with van der Waals surface area (Å²) in [6.45, 7) is 1.19. The number of thiophene rings is 1. The zero-order valence-corrected chi connectivity index (χ0v) is 16.2. The van der Waals surface area contributed by atoms with Crippen molar-refractivity contribution in [3.8, 4) is 0 Å². The molecular weight excluding hydrogens is 386 g/mol. The summed E-state index contributed by atoms with van der Waals surface area (Å²) in [6, 6.07) is 9.73. The Kier molecular flexibility index (Phi) is 6.47. The maximum Gasteiger partial charge on any atom is 0.264 e. The van der Waals surface area contributed by atoms with Crippen molar-refractivity contribution >= 4 is 40.7 Å². The van der Waals surface area contributed by atoms with Gasteiger partial charge in [-0.1, -0.05) is 17.7 Å². The smallest absolute Gasteiger partial charge is 0.264 e. The molecule has 0 unspecified atom stereocenters. The van der Waals surface area contributed by atoms with Crippen LogP contribution >= 0.6 is 22.9 Å². The summed E-state index contributed by atoms with van der Waals surface area (Å²) in [5.74, 6) is -0.506. The Bertz CT molecular complexity index is 808. The fourth-order valence-corrected chi connectivity index (χ4v) is 3.81. The molecule has 8 heteroatoms. The highest BCUT2D eigenvalue weighted by molar-refractivity contribution is 7.12. The second-order valence-corrected chi connectivity index (χ2v) is 7.57. The van der Waals surface area contributed by atoms with Crippen LogP contribution in [0.5, 0.6) is 0 Å². The number of amides is 3. The van der Waals surface area contributed by atoms with Crippen LogP contribution in [-0.2, 0) is 4.79 Å². The molecule has 0 aliphatic carbocycles. The lowest BCUT2D eigenvalue weighted by Gasteiger charge is -2.23. The second-order valence-electron chi connectivity index (χ2n) is 6.19. The van der Waals surface area contributed by atoms with Crippen molar-refractivity contribution in [2.45, 2.75) is 18.9 Å². The zero-order valence-electron chi connectivity index (χ0n) is 14.6. The summed E-state index contributed by atoms with van der Waals surface area (Å²) in [6.07, 6.45) is 1.46. The molecule has 1 aliphatic heterocycles. The van der Waals surface area contributed by atoms with E-state index in [1.807, 2.05) is 11.4 Å². The molecule has 142 valence electrons. The first-order valence-corrected chi connectivity index (χ1v) is 9.98. The quantitative estimate of drug-likeness (QED) is 0.725. The van der Waals surface area contributed by atoms with Crippen molar-refractivity contribution in [1.82, 2.24) is 15.5 Å². The predicted molar refractivity (Wildman–Crippen MR) is 105 cm³/mol. The number of benzene rings is 1. The lowest BCUT2D eigenvalue weighted by atomic mass is 10.2. The third kappa shape index (κ3) is 4.87. The molecule has 3 rings (SSSR count). The molecule has 1 atom stereocenters. The summed E-state index contributed by atoms with van der Waals surface area (Å²) in [7, 11) is 0. The first-order chi connectivity index (χ1) is 13.1. The van der Waals surface area contributed by atoms with Crippen LogP contribution in [0, 0.1) is 0 Å². The second kappa shape index (κ2) is 9.01. The Hall–Kier alpha value is -2.38. The van der Waals surface area contributed by atoms with Gasteiger partial charge in [-0.15, -0.1) is 11.3 Å². The van der Waals surface area contributed by atoms with E-state index in [-0.39, 0.29) is 17.7 Å². The number of hydrogen-bond acceptors (Lipinski definition) is 4. The largest absolute Gasteiger partial charge is 0.353 e. The first-order valence-electron chi connectivity index (χ1n) is 8.72. The molecule has 1 fully saturated rings. The monoisotopic (exact) mass is 405 g/mol. The Morgan fingerprint density at radius 3 is 2.56 bits per heavy atom. The molecule has 0 saturated carbocycles. The Labute approximate surface area is 166 Å². The Morgan fingerprint density at radius 2 is 1.85 bits per heavy atom. The van der Waals surface area contributed by atoms with E-state index in [1.165, 1.54) is 11.3 Å². The average Bonchev–Trinajstić information content (AvgIpc) is 3.36. The molecule has 0 bridgehead atoms. The van der Waals surface area contributed by atoms with Gasteiger partial charge >= 0.3 is 0 Å². The van der Waals surface area contributed by atoms with Crippen LogP contribution in [0.3, 0.4) is 0 Å². The van der Waals surface area contributed by atoms with Gasteiger partial charge in [-0.05, 0) is 48.6 Å². The van der Waals surface area contributed by atoms with Crippen LogP contribution in [0.2, 0.25) is 5.02 Å². The van der Waals surface area contributed by atoms with Crippen molar-refractivity contribution in [2.75, 3.05) is 19.6 Å². The van der Waals surface area contributed by atoms with E-state index in [1.54, 1.807) is 35.2 Å². The van der Waals surface area contributed by atoms with Gasteiger partial charge in [-0.25, -0.2) is 0 Å². The number of nitrogens with one attached hydrogen (secondary N) is 2. The Morgan fingerprint density at radius 1 is 1.11 bits per heavy atom. The fourth-order valence-electron chi connectivity index (χ4n) is 3.01. The number of nitrogens with zero attached hydrogens (tertiary/aromatic N) is 1. The average molecular weight is 406 g/mol. The van der Waals surface area contributed by atoms with E-state index in [0.29, 0.717) is 41.5 Å². The molecule has 6 nitrogen and oxygen atoms in total. The number of hydrogen-bond donors (Lipinski definition) is 2. The zero-order chi connectivity index (χ0) is 19.2. The van der Waals surface area contributed by atoms with Crippen molar-refractivity contribution in [1.29, 1.82) is 0 Å². The summed E-state index contributed by atoms with van der Waals surface area (Å²) in [5.41, 5.74) is 0.509. The van der Waals surface area contributed by atoms with E-state index in [4.69, 9.17) is 11.6 Å². The van der Waals surface area contributed by atoms with E-state index in [0.717, 1.165) is 6.42 Å². The van der Waals surface area contributed by atoms with Crippen molar-refractivity contribution < 1.29 is 14.4 Å². The molecule has 3 amide bonds. The molecule has 2 aromatic rings. The number of carbonyl (C=O) groups excluding carboxylic acids is 3. The molecule has 2 N–H and O–H groups in total. The van der Waals surface area contributed by atoms with Crippen LogP contribution in [0.15, 0.2) is 41.8 Å². The SMILES string of the molecule is O=C(NCCNC(=O)[C@@H]1CCCN1C(=O)c1cccs1)c1ccc(Cl)cc1. The first kappa shape index (κ1) is 19.4. The minimum atomic E-state index is -0.452. The van der Waals surface area contributed by atoms with Crippen LogP contribution in [0.4, 0.5) is 0 Å². The van der Waals surface area contributed by atoms with Crippen LogP contribution in [-0.4, -0.2) is 48.3 Å². The normalized spacial score (nSPS) is 16.2. The summed E-state index contributed by atoms with van der Waals surface area (Å²) in [4.78, 5) is 39.3. The molecule has 27 heavy (non-hydrogen) atoms. The van der Waals surface area contributed by atoms with Gasteiger partial charge < -0.3 is 15.5 Å². The van der Waals surface area contributed by atoms with E-state index >= 15 is 0 Å². The molecule has 0 radical (unpaired) electrons. The van der Waals surface area contributed by atoms with Gasteiger partial charge in [0, 0.05) is 30.2 Å². The summed E-state index contributed by atoms with van der Waals surface area (Å²) in [5, 5.41) is 7.97. The van der Waals surface area contributed by atoms with Gasteiger partial charge in [0.2, 0.25) is 5.91 Å². The number of likely N-dealkylation sites (tertiary alicyclic amines) is 1. The molecule has 2 heterocycles. The maximum absolute atomic E-state index is 12.5. The summed E-state index contributed by atoms with van der Waals surface area (Å²) < 4.78 is 0. The van der Waals surface area contributed by atoms with Gasteiger partial charge in [0.05, 0.1) is 4.88 Å². The highest BCUT2D eigenvalue weighted by Gasteiger charge is 2.34. The Balaban J connectivity index is 1.45. The van der Waals surface area contributed by atoms with Gasteiger partial charge in [0.1, 0.15) is 6.04 Å². The van der Waals surface area contributed by atoms with Crippen molar-refractivity contribution in [3.63, 3.8) is 0 Å². The van der Waals surface area contributed by atoms with Gasteiger partial charge in [0.15, 0.2) is 0 Å². The molecule has 1 aromatic heterocycles. The van der Waals surface area contributed by atoms with E-state index < -0.39 is 6.04 Å². The maximum atomic E-state index is 12.5. The summed E-state index contributed by atoms with van der Waals surface area (Å²) >= 11 is 7.18. The fraction of sp³-hybridized carbons (Fsp3) is 0.316. The minimum Gasteiger partial charge on any atom is -0.353 e. The molecule has 1 aromatic carbocycles. The topological polar surface area (TPSA) is 78.5 Å². The highest BCUT2D eigenvalue weighted by Crippen LogP contribution is 2.22. The van der Waals surface area contributed by atoms with E-state index in [9.17, 15) is 14.4 Å². The lowest BCUT2D eigenvalue weighted by molar-refractivity contribution is -0.124. The molecule has 0 spiro atoms. The lowest BCUT2D eigenvalue weighted by Crippen LogP contribution is -2.47. The minimum absolute atomic E-state index is 0.0984. The van der Waals surface area contributed by atoms with E-state index in [2.05, 4.69) is 10.6 Å². The van der Waals surface area contributed by atoms with Crippen molar-refractivity contribution in [3.05, 3.63) is 57.2 Å². The predicted octanol–water partition coefficient (Wildman–Crippen LogP) is 2.55. The number of rotatable bonds is 6. The van der Waals surface area contributed by atoms with Gasteiger partial charge in [-0.2, -0.15) is 0 Å². The standard InChI is InChI=1S/C19H20ClN3O3S/c20-14-7-5-13(6-8-14)17(24)21-9-10-22-18(25)15-3-1-11-23(15)19(26)16-4-2-12-27-16/h2,4-8,12,15H,1,3,9-11H2,(H,21,24)(H,22,25)/t15-/m0/s1. The van der Waals surface area contributed by atoms with Gasteiger partial charge in [-0.3, -0.25) is 14.4 Å². The number of carbonyl (C=O) groups is 3. The van der Waals surface area contributed by atoms with Gasteiger partial charge in [0.25, 0.3) is 11.8 Å². The van der Waals surface area contributed by atoms with Crippen LogP contribution < -0.4 is 10.6 Å². The number of halogens is 1.